The van der Waals surface area contributed by atoms with Gasteiger partial charge in [-0.15, -0.1) is 0 Å². The minimum absolute atomic E-state index is 0.0155. The zero-order valence-corrected chi connectivity index (χ0v) is 35.4. The van der Waals surface area contributed by atoms with Crippen LogP contribution >= 0.6 is 0 Å². The van der Waals surface area contributed by atoms with Crippen LogP contribution in [0, 0.1) is 25.7 Å². The van der Waals surface area contributed by atoms with Crippen molar-refractivity contribution in [3.8, 4) is 11.5 Å². The number of hydrogen-bond acceptors (Lipinski definition) is 18. The van der Waals surface area contributed by atoms with Gasteiger partial charge in [-0.3, -0.25) is 14.4 Å². The number of nitrogens with two attached hydrogens (primary N) is 1. The molecule has 2 amide bonds. The highest BCUT2D eigenvalue weighted by Gasteiger charge is 2.37. The van der Waals surface area contributed by atoms with Crippen LogP contribution in [0.2, 0.25) is 0 Å². The number of anilines is 1. The standard InChI is InChI=1S/C40H56N6O14/c1-11-15-56-45-26(17(3)4)37(52)59-39(54)28(21(9)47)43-35(50)23-14-13-19(7)33-30(23)42-31-24(25(41)32(49)20(8)34(31)58-33)36(51)44-29(22(10)48)40(55)60-38(53)27(18(5)6)46-57-16-12-2/h13-14,17-18,21-22,26-29,45-48H,11-12,15-16,41H2,1-10H3,(H,43,50)(H,44,51)/t21-,22-,26+,27+,28+,29+/m1/s1. The average Bonchev–Trinajstić information content (AvgIpc) is 3.17. The van der Waals surface area contributed by atoms with E-state index in [1.54, 1.807) is 34.6 Å². The summed E-state index contributed by atoms with van der Waals surface area (Å²) >= 11 is 0. The second kappa shape index (κ2) is 21.7. The van der Waals surface area contributed by atoms with Gasteiger partial charge in [0.25, 0.3) is 11.8 Å². The molecule has 8 N–H and O–H groups in total. The molecule has 1 aliphatic carbocycles. The number of aryl methyl sites for hydroxylation is 1. The van der Waals surface area contributed by atoms with E-state index in [0.29, 0.717) is 18.4 Å². The lowest BCUT2D eigenvalue weighted by Gasteiger charge is -2.24. The molecule has 0 unspecified atom stereocenters. The Balaban J connectivity index is 2.06. The van der Waals surface area contributed by atoms with E-state index >= 15 is 0 Å². The minimum atomic E-state index is -1.86. The van der Waals surface area contributed by atoms with Crippen LogP contribution in [0.15, 0.2) is 21.3 Å². The van der Waals surface area contributed by atoms with E-state index in [0.717, 1.165) is 6.92 Å². The molecule has 0 saturated carbocycles. The molecule has 1 aromatic carbocycles. The molecule has 3 rings (SSSR count). The molecular weight excluding hydrogens is 788 g/mol. The van der Waals surface area contributed by atoms with Gasteiger partial charge in [-0.05, 0) is 64.0 Å². The largest absolute Gasteiger partial charge is 0.452 e. The van der Waals surface area contributed by atoms with Crippen LogP contribution in [0.1, 0.15) is 100 Å². The molecule has 0 aromatic heterocycles. The molecule has 60 heavy (non-hydrogen) atoms. The van der Waals surface area contributed by atoms with Crippen molar-refractivity contribution in [2.45, 2.75) is 118 Å². The lowest BCUT2D eigenvalue weighted by molar-refractivity contribution is -0.169. The van der Waals surface area contributed by atoms with E-state index < -0.39 is 94.7 Å². The molecule has 1 aromatic rings. The number of hydroxylamine groups is 2. The summed E-state index contributed by atoms with van der Waals surface area (Å²) in [6, 6.07) is -2.97. The van der Waals surface area contributed by atoms with Crippen LogP contribution in [-0.2, 0) is 38.3 Å². The summed E-state index contributed by atoms with van der Waals surface area (Å²) in [5.41, 5.74) is 8.84. The molecule has 0 saturated heterocycles. The number of ether oxygens (including phenoxy) is 2. The molecule has 20 heteroatoms. The first-order valence-electron chi connectivity index (χ1n) is 19.6. The second-order valence-corrected chi connectivity index (χ2v) is 15.0. The van der Waals surface area contributed by atoms with Crippen molar-refractivity contribution in [2.24, 2.45) is 11.8 Å². The van der Waals surface area contributed by atoms with Gasteiger partial charge in [-0.25, -0.2) is 24.2 Å². The molecule has 6 atom stereocenters. The third-order valence-corrected chi connectivity index (χ3v) is 9.20. The quantitative estimate of drug-likeness (QED) is 0.0212. The summed E-state index contributed by atoms with van der Waals surface area (Å²) in [4.78, 5) is 109. The van der Waals surface area contributed by atoms with E-state index in [1.807, 2.05) is 13.8 Å². The van der Waals surface area contributed by atoms with Gasteiger partial charge in [0.15, 0.2) is 23.4 Å². The van der Waals surface area contributed by atoms with E-state index in [-0.39, 0.29) is 52.8 Å². The number of nitrogen functional groups attached to an aromatic ring is 1. The number of aliphatic hydroxyl groups excluding tert-OH is 2. The monoisotopic (exact) mass is 844 g/mol. The first-order chi connectivity index (χ1) is 28.2. The number of aromatic nitrogens is 1. The smallest absolute Gasteiger partial charge is 0.339 e. The Labute approximate surface area is 346 Å². The number of amides is 2. The number of carbonyl (C=O) groups excluding carboxylic acids is 6. The zero-order chi connectivity index (χ0) is 45.2. The molecule has 2 aliphatic rings. The summed E-state index contributed by atoms with van der Waals surface area (Å²) in [6.07, 6.45) is -1.93. The van der Waals surface area contributed by atoms with Crippen LogP contribution in [0.4, 0.5) is 5.69 Å². The molecule has 0 bridgehead atoms. The molecule has 1 aliphatic heterocycles. The zero-order valence-electron chi connectivity index (χ0n) is 35.4. The highest BCUT2D eigenvalue weighted by Crippen LogP contribution is 2.34. The Morgan fingerprint density at radius 3 is 1.62 bits per heavy atom. The van der Waals surface area contributed by atoms with Gasteiger partial charge < -0.3 is 50.1 Å². The number of carbonyl (C=O) groups is 6. The van der Waals surface area contributed by atoms with Crippen molar-refractivity contribution < 1.29 is 62.5 Å². The van der Waals surface area contributed by atoms with Crippen LogP contribution in [0.5, 0.6) is 0 Å². The van der Waals surface area contributed by atoms with Crippen molar-refractivity contribution in [2.75, 3.05) is 18.9 Å². The topological polar surface area (TPSA) is 297 Å². The van der Waals surface area contributed by atoms with E-state index in [9.17, 15) is 43.8 Å². The van der Waals surface area contributed by atoms with Crippen LogP contribution in [-0.4, -0.2) is 100 Å². The minimum Gasteiger partial charge on any atom is -0.452 e. The van der Waals surface area contributed by atoms with E-state index in [1.165, 1.54) is 26.0 Å². The molecule has 330 valence electrons. The van der Waals surface area contributed by atoms with Crippen molar-refractivity contribution in [1.82, 2.24) is 26.6 Å². The number of esters is 4. The molecule has 0 spiro atoms. The van der Waals surface area contributed by atoms with Gasteiger partial charge in [-0.2, -0.15) is 11.0 Å². The summed E-state index contributed by atoms with van der Waals surface area (Å²) in [5, 5.41) is 25.7. The van der Waals surface area contributed by atoms with Gasteiger partial charge in [0.2, 0.25) is 5.43 Å². The Kier molecular flexibility index (Phi) is 17.8. The predicted octanol–water partition coefficient (Wildman–Crippen LogP) is 1.50. The summed E-state index contributed by atoms with van der Waals surface area (Å²) in [7, 11) is 0. The van der Waals surface area contributed by atoms with Gasteiger partial charge in [0, 0.05) is 5.56 Å². The molecule has 1 heterocycles. The maximum Gasteiger partial charge on any atom is 0.339 e. The number of benzene rings is 2. The fourth-order valence-electron chi connectivity index (χ4n) is 5.66. The van der Waals surface area contributed by atoms with Gasteiger partial charge in [-0.1, -0.05) is 47.6 Å². The van der Waals surface area contributed by atoms with Crippen LogP contribution in [0.3, 0.4) is 0 Å². The lowest BCUT2D eigenvalue weighted by atomic mass is 9.99. The number of fused-ring (bicyclic) bond motifs is 2. The van der Waals surface area contributed by atoms with Gasteiger partial charge in [0.1, 0.15) is 23.3 Å². The fourth-order valence-corrected chi connectivity index (χ4v) is 5.66. The first kappa shape index (κ1) is 49.0. The molecule has 20 nitrogen and oxygen atoms in total. The number of nitrogens with zero attached hydrogens (tertiary/aromatic N) is 1. The van der Waals surface area contributed by atoms with Crippen molar-refractivity contribution in [1.29, 1.82) is 0 Å². The SMILES string of the molecule is CCCON[C@H](C(=O)OC(=O)[C@@H](NC(=O)c1c2nc3c(C(=O)N[C@H](C(=O)OC(=O)[C@@H](NOCCC)C(C)C)[C@@H](C)O)ccc(C)c3oc-2c(C)c(=O)c1N)[C@@H](C)O)C(C)C. The van der Waals surface area contributed by atoms with Crippen molar-refractivity contribution in [3.63, 3.8) is 0 Å². The molecular formula is C40H56N6O14. The Bertz CT molecular complexity index is 2080. The normalized spacial score (nSPS) is 14.6. The Morgan fingerprint density at radius 1 is 0.733 bits per heavy atom. The summed E-state index contributed by atoms with van der Waals surface area (Å²) < 4.78 is 16.2. The molecule has 0 fully saturated rings. The molecule has 0 radical (unpaired) electrons. The van der Waals surface area contributed by atoms with E-state index in [2.05, 4.69) is 26.6 Å². The predicted molar refractivity (Wildman–Crippen MR) is 215 cm³/mol. The van der Waals surface area contributed by atoms with Crippen molar-refractivity contribution >= 4 is 52.5 Å². The van der Waals surface area contributed by atoms with E-state index in [4.69, 9.17) is 29.3 Å². The van der Waals surface area contributed by atoms with Gasteiger partial charge >= 0.3 is 23.9 Å². The summed E-state index contributed by atoms with van der Waals surface area (Å²) in [6.45, 7) is 16.3. The van der Waals surface area contributed by atoms with Crippen molar-refractivity contribution in [3.05, 3.63) is 44.6 Å². The highest BCUT2D eigenvalue weighted by atomic mass is 16.7. The third-order valence-electron chi connectivity index (χ3n) is 9.20. The Hall–Kier alpha value is -5.38. The highest BCUT2D eigenvalue weighted by molar-refractivity contribution is 6.10. The maximum absolute atomic E-state index is 14.0. The maximum atomic E-state index is 14.0. The van der Waals surface area contributed by atoms with Crippen LogP contribution < -0.4 is 32.8 Å². The number of aliphatic hydroxyl groups is 2. The first-order valence-corrected chi connectivity index (χ1v) is 19.6. The fraction of sp³-hybridized carbons (Fsp3) is 0.550. The number of hydrogen-bond donors (Lipinski definition) is 7. The second-order valence-electron chi connectivity index (χ2n) is 15.0. The number of rotatable bonds is 20. The van der Waals surface area contributed by atoms with Gasteiger partial charge in [0.05, 0.1) is 42.2 Å². The number of nitrogens with one attached hydrogen (secondary N) is 4. The lowest BCUT2D eigenvalue weighted by Crippen LogP contribution is -2.51. The Morgan fingerprint density at radius 2 is 1.18 bits per heavy atom. The average molecular weight is 845 g/mol. The third kappa shape index (κ3) is 11.7. The summed E-state index contributed by atoms with van der Waals surface area (Å²) in [5.74, 6) is -7.85. The van der Waals surface area contributed by atoms with Crippen LogP contribution in [0.25, 0.3) is 22.6 Å².